The van der Waals surface area contributed by atoms with Gasteiger partial charge in [0.1, 0.15) is 11.9 Å². The monoisotopic (exact) mass is 515 g/mol. The summed E-state index contributed by atoms with van der Waals surface area (Å²) in [5.74, 6) is 4.99. The highest BCUT2D eigenvalue weighted by Crippen LogP contribution is 2.38. The molecule has 2 unspecified atom stereocenters. The Hall–Kier alpha value is -3.64. The van der Waals surface area contributed by atoms with E-state index in [-0.39, 0.29) is 22.2 Å². The van der Waals surface area contributed by atoms with Gasteiger partial charge in [0.05, 0.1) is 16.8 Å². The summed E-state index contributed by atoms with van der Waals surface area (Å²) in [5, 5.41) is 4.08. The molecule has 1 amide bonds. The molecule has 3 N–H and O–H groups in total. The Balaban J connectivity index is 1.59. The number of piperidine rings is 1. The molecule has 4 heterocycles. The molecule has 0 radical (unpaired) electrons. The van der Waals surface area contributed by atoms with E-state index in [2.05, 4.69) is 20.4 Å². The molecule has 36 heavy (non-hydrogen) atoms. The van der Waals surface area contributed by atoms with Crippen molar-refractivity contribution in [3.05, 3.63) is 60.3 Å². The third-order valence-corrected chi connectivity index (χ3v) is 8.39. The zero-order chi connectivity index (χ0) is 25.8. The van der Waals surface area contributed by atoms with Gasteiger partial charge < -0.3 is 20.6 Å². The van der Waals surface area contributed by atoms with Crippen LogP contribution in [0.25, 0.3) is 0 Å². The van der Waals surface area contributed by atoms with E-state index in [4.69, 9.17) is 15.3 Å². The molecule has 190 valence electrons. The lowest BCUT2D eigenvalue weighted by Gasteiger charge is -2.33. The molecule has 12 heteroatoms. The average molecular weight is 516 g/mol. The van der Waals surface area contributed by atoms with Gasteiger partial charge in [0.2, 0.25) is 20.7 Å². The summed E-state index contributed by atoms with van der Waals surface area (Å²) in [7, 11) is -4.28. The number of nitrogens with one attached hydrogen (secondary N) is 1. The van der Waals surface area contributed by atoms with E-state index in [1.54, 1.807) is 30.3 Å². The first-order valence-corrected chi connectivity index (χ1v) is 12.8. The van der Waals surface area contributed by atoms with Gasteiger partial charge in [-0.05, 0) is 68.8 Å². The van der Waals surface area contributed by atoms with Crippen molar-refractivity contribution in [1.82, 2.24) is 10.3 Å². The number of carbonyl (C=O) groups is 1. The maximum absolute atomic E-state index is 15.6. The van der Waals surface area contributed by atoms with Crippen molar-refractivity contribution >= 4 is 27.9 Å². The van der Waals surface area contributed by atoms with Crippen molar-refractivity contribution in [3.63, 3.8) is 0 Å². The Labute approximate surface area is 208 Å². The van der Waals surface area contributed by atoms with E-state index in [9.17, 15) is 13.2 Å². The highest BCUT2D eigenvalue weighted by Gasteiger charge is 2.47. The number of carbonyl (C=O) groups excluding carboxylic acids is 1. The Kier molecular flexibility index (Phi) is 7.45. The number of pyridine rings is 1. The number of rotatable bonds is 6. The molecule has 1 fully saturated rings. The van der Waals surface area contributed by atoms with E-state index < -0.39 is 33.0 Å². The van der Waals surface area contributed by atoms with Crippen LogP contribution in [0.3, 0.4) is 0 Å². The van der Waals surface area contributed by atoms with E-state index in [1.807, 2.05) is 0 Å². The van der Waals surface area contributed by atoms with Crippen LogP contribution < -0.4 is 20.6 Å². The van der Waals surface area contributed by atoms with E-state index in [1.165, 1.54) is 24.4 Å². The minimum absolute atomic E-state index is 0.114. The summed E-state index contributed by atoms with van der Waals surface area (Å²) in [5.41, 5.74) is 0.825. The van der Waals surface area contributed by atoms with E-state index in [0.29, 0.717) is 31.5 Å². The molecule has 1 aromatic heterocycles. The highest BCUT2D eigenvalue weighted by atomic mass is 32.2. The number of fused-ring (bicyclic) bond motifs is 6. The predicted molar refractivity (Wildman–Crippen MR) is 132 cm³/mol. The molecule has 0 saturated carbocycles. The number of ether oxygens (including phenoxy) is 2. The first-order chi connectivity index (χ1) is 17.2. The number of hydrazone groups is 1. The summed E-state index contributed by atoms with van der Waals surface area (Å²) in [6, 6.07) is 9.23. The third-order valence-electron chi connectivity index (χ3n) is 6.14. The lowest BCUT2D eigenvalue weighted by Crippen LogP contribution is -2.44. The highest BCUT2D eigenvalue weighted by molar-refractivity contribution is 7.92. The van der Waals surface area contributed by atoms with Crippen LogP contribution in [0.15, 0.2) is 69.7 Å². The number of allylic oxidation sites excluding steroid dienone is 1. The molecule has 0 spiro atoms. The molecule has 1 saturated heterocycles. The van der Waals surface area contributed by atoms with Gasteiger partial charge in [0, 0.05) is 18.2 Å². The number of aromatic nitrogens is 1. The van der Waals surface area contributed by atoms with E-state index >= 15 is 4.39 Å². The molecule has 1 aromatic carbocycles. The Morgan fingerprint density at radius 3 is 2.58 bits per heavy atom. The first kappa shape index (κ1) is 25.5. The molecular formula is C24H26FN5O5S. The summed E-state index contributed by atoms with van der Waals surface area (Å²) in [4.78, 5) is 19.7. The number of hydrogen-bond donors (Lipinski definition) is 2. The number of alkyl halides is 1. The minimum atomic E-state index is -4.28. The molecule has 2 bridgehead atoms. The van der Waals surface area contributed by atoms with Gasteiger partial charge in [0.15, 0.2) is 0 Å². The van der Waals surface area contributed by atoms with Crippen molar-refractivity contribution in [2.24, 2.45) is 21.9 Å². The average Bonchev–Trinajstić information content (AvgIpc) is 2.91. The second-order valence-corrected chi connectivity index (χ2v) is 10.8. The summed E-state index contributed by atoms with van der Waals surface area (Å²) in [6.45, 7) is 2.27. The Morgan fingerprint density at radius 1 is 1.22 bits per heavy atom. The molecule has 3 aliphatic heterocycles. The van der Waals surface area contributed by atoms with Crippen LogP contribution in [0.2, 0.25) is 0 Å². The molecule has 10 nitrogen and oxygen atoms in total. The normalized spacial score (nSPS) is 21.8. The fraction of sp³-hybridized carbons (Fsp3) is 0.333. The van der Waals surface area contributed by atoms with Gasteiger partial charge in [-0.2, -0.15) is 10.1 Å². The van der Waals surface area contributed by atoms with Crippen molar-refractivity contribution < 1.29 is 27.1 Å². The van der Waals surface area contributed by atoms with Crippen molar-refractivity contribution in [1.29, 1.82) is 0 Å². The van der Waals surface area contributed by atoms with Crippen LogP contribution in [0.5, 0.6) is 11.6 Å². The van der Waals surface area contributed by atoms with Crippen LogP contribution in [0.4, 0.5) is 9.18 Å². The van der Waals surface area contributed by atoms with Gasteiger partial charge in [0.25, 0.3) is 0 Å². The van der Waals surface area contributed by atoms with Gasteiger partial charge in [-0.25, -0.2) is 22.6 Å². The zero-order valence-corrected chi connectivity index (χ0v) is 20.3. The maximum atomic E-state index is 15.6. The first-order valence-electron chi connectivity index (χ1n) is 11.3. The van der Waals surface area contributed by atoms with Gasteiger partial charge in [-0.15, -0.1) is 0 Å². The van der Waals surface area contributed by atoms with Crippen molar-refractivity contribution in [2.45, 2.75) is 35.8 Å². The van der Waals surface area contributed by atoms with Crippen LogP contribution in [0.1, 0.15) is 31.4 Å². The van der Waals surface area contributed by atoms with Crippen LogP contribution in [0, 0.1) is 5.92 Å². The molecule has 2 aromatic rings. The number of sulfone groups is 1. The number of benzene rings is 1. The topological polar surface area (TPSA) is 145 Å². The number of aliphatic imine (C=N–C) groups is 1. The SMILES string of the molecule is CC(F)(C1CCNCC1)S(=O)(=O)c1ccc(OC2/C=C\C(C=NN)=NC(=O)Oc3ccc2cc3)nc1. The van der Waals surface area contributed by atoms with Crippen LogP contribution in [-0.4, -0.2) is 49.5 Å². The lowest BCUT2D eigenvalue weighted by molar-refractivity contribution is 0.159. The largest absolute Gasteiger partial charge is 0.465 e. The summed E-state index contributed by atoms with van der Waals surface area (Å²) < 4.78 is 52.8. The molecular weight excluding hydrogens is 489 g/mol. The number of halogens is 1. The fourth-order valence-electron chi connectivity index (χ4n) is 4.06. The molecule has 3 aliphatic rings. The van der Waals surface area contributed by atoms with Crippen LogP contribution in [-0.2, 0) is 9.84 Å². The lowest BCUT2D eigenvalue weighted by atomic mass is 9.93. The van der Waals surface area contributed by atoms with Crippen molar-refractivity contribution in [3.8, 4) is 11.6 Å². The number of nitrogens with zero attached hydrogens (tertiary/aromatic N) is 3. The van der Waals surface area contributed by atoms with Crippen LogP contribution >= 0.6 is 0 Å². The number of amides is 1. The number of nitrogens with two attached hydrogens (primary N) is 1. The summed E-state index contributed by atoms with van der Waals surface area (Å²) in [6.07, 6.45) is 4.70. The van der Waals surface area contributed by atoms with E-state index in [0.717, 1.165) is 13.1 Å². The quantitative estimate of drug-likeness (QED) is 0.339. The second-order valence-electron chi connectivity index (χ2n) is 8.50. The van der Waals surface area contributed by atoms with Gasteiger partial charge in [-0.3, -0.25) is 0 Å². The van der Waals surface area contributed by atoms with Crippen molar-refractivity contribution in [2.75, 3.05) is 13.1 Å². The smallest absolute Gasteiger partial charge is 0.439 e. The molecule has 0 aliphatic carbocycles. The fourth-order valence-corrected chi connectivity index (χ4v) is 5.63. The third kappa shape index (κ3) is 5.44. The van der Waals surface area contributed by atoms with Gasteiger partial charge in [-0.1, -0.05) is 12.1 Å². The molecule has 5 rings (SSSR count). The summed E-state index contributed by atoms with van der Waals surface area (Å²) >= 11 is 0. The maximum Gasteiger partial charge on any atom is 0.439 e. The predicted octanol–water partition coefficient (Wildman–Crippen LogP) is 3.11. The number of hydrogen-bond acceptors (Lipinski definition) is 9. The second kappa shape index (κ2) is 10.5. The standard InChI is InChI=1S/C24H26FN5O5S/c1-24(25,17-10-12-27-13-11-17)36(32,33)20-7-9-22(28-15-20)35-21-8-4-18(14-29-26)30-23(31)34-19-5-2-16(21)3-6-19/h2-9,14-15,17,21,27H,10-13,26H2,1H3/b8-4-,29-14?,30-18?. The Morgan fingerprint density at radius 2 is 1.94 bits per heavy atom. The molecule has 2 atom stereocenters. The minimum Gasteiger partial charge on any atom is -0.465 e. The van der Waals surface area contributed by atoms with Gasteiger partial charge >= 0.3 is 6.09 Å². The zero-order valence-electron chi connectivity index (χ0n) is 19.5. The Bertz CT molecular complexity index is 1290.